The average Bonchev–Trinajstić information content (AvgIpc) is 2.44. The molecular formula is C13H19NO5. The van der Waals surface area contributed by atoms with Crippen molar-refractivity contribution >= 4 is 5.97 Å². The fourth-order valence-corrected chi connectivity index (χ4v) is 1.42. The molecule has 0 spiro atoms. The Morgan fingerprint density at radius 2 is 1.63 bits per heavy atom. The summed E-state index contributed by atoms with van der Waals surface area (Å²) in [5.41, 5.74) is 5.75. The molecule has 106 valence electrons. The maximum atomic E-state index is 11.0. The third-order valence-corrected chi connectivity index (χ3v) is 2.45. The minimum Gasteiger partial charge on any atom is -0.496 e. The number of carbonyl (C=O) groups is 1. The zero-order chi connectivity index (χ0) is 14.3. The molecule has 0 fully saturated rings. The maximum Gasteiger partial charge on any atom is 0.307 e. The summed E-state index contributed by atoms with van der Waals surface area (Å²) in [5.74, 6) is 1.45. The van der Waals surface area contributed by atoms with Gasteiger partial charge in [0.25, 0.3) is 0 Å². The molecule has 0 heterocycles. The molecule has 0 aliphatic heterocycles. The number of hydrogen-bond donors (Lipinski definition) is 1. The number of nitrogens with two attached hydrogens (primary N) is 1. The summed E-state index contributed by atoms with van der Waals surface area (Å²) in [5, 5.41) is 0. The van der Waals surface area contributed by atoms with E-state index in [1.54, 1.807) is 32.4 Å². The van der Waals surface area contributed by atoms with Gasteiger partial charge in [-0.25, -0.2) is 0 Å². The quantitative estimate of drug-likeness (QED) is 0.743. The van der Waals surface area contributed by atoms with Crippen molar-refractivity contribution in [2.24, 2.45) is 5.73 Å². The zero-order valence-corrected chi connectivity index (χ0v) is 11.3. The third-order valence-electron chi connectivity index (χ3n) is 2.45. The lowest BCUT2D eigenvalue weighted by Crippen LogP contribution is -2.30. The van der Waals surface area contributed by atoms with Crippen LogP contribution in [-0.2, 0) is 9.53 Å². The third kappa shape index (κ3) is 5.05. The summed E-state index contributed by atoms with van der Waals surface area (Å²) in [6.07, 6.45) is 0.109. The monoisotopic (exact) mass is 269 g/mol. The van der Waals surface area contributed by atoms with E-state index in [0.29, 0.717) is 17.2 Å². The van der Waals surface area contributed by atoms with Crippen LogP contribution in [-0.4, -0.2) is 39.9 Å². The molecule has 0 bridgehead atoms. The summed E-state index contributed by atoms with van der Waals surface area (Å²) in [4.78, 5) is 11.0. The first-order valence-corrected chi connectivity index (χ1v) is 5.77. The first kappa shape index (κ1) is 15.1. The molecule has 1 atom stereocenters. The van der Waals surface area contributed by atoms with Crippen LogP contribution in [0.1, 0.15) is 6.42 Å². The lowest BCUT2D eigenvalue weighted by Gasteiger charge is -2.13. The molecule has 19 heavy (non-hydrogen) atoms. The van der Waals surface area contributed by atoms with Gasteiger partial charge in [-0.2, -0.15) is 0 Å². The standard InChI is InChI=1S/C13H19NO5/c1-16-10-5-11(17-2)7-12(6-10)19-8-9(14)4-13(15)18-3/h5-7,9H,4,8,14H2,1-3H3. The molecule has 0 saturated carbocycles. The van der Waals surface area contributed by atoms with Crippen molar-refractivity contribution in [1.29, 1.82) is 0 Å². The summed E-state index contributed by atoms with van der Waals surface area (Å²) >= 11 is 0. The van der Waals surface area contributed by atoms with Gasteiger partial charge < -0.3 is 24.7 Å². The lowest BCUT2D eigenvalue weighted by molar-refractivity contribution is -0.141. The van der Waals surface area contributed by atoms with E-state index < -0.39 is 6.04 Å². The second-order valence-corrected chi connectivity index (χ2v) is 3.90. The van der Waals surface area contributed by atoms with Crippen molar-refractivity contribution in [3.8, 4) is 17.2 Å². The molecule has 6 nitrogen and oxygen atoms in total. The Labute approximate surface area is 112 Å². The average molecular weight is 269 g/mol. The Hall–Kier alpha value is -1.95. The number of rotatable bonds is 7. The highest BCUT2D eigenvalue weighted by Gasteiger charge is 2.11. The van der Waals surface area contributed by atoms with Gasteiger partial charge >= 0.3 is 5.97 Å². The summed E-state index contributed by atoms with van der Waals surface area (Å²) in [6, 6.07) is 4.74. The van der Waals surface area contributed by atoms with Crippen molar-refractivity contribution in [1.82, 2.24) is 0 Å². The minimum atomic E-state index is -0.426. The molecule has 0 amide bonds. The Bertz CT molecular complexity index is 399. The van der Waals surface area contributed by atoms with Gasteiger partial charge in [0.05, 0.1) is 27.8 Å². The van der Waals surface area contributed by atoms with Gasteiger partial charge in [-0.05, 0) is 0 Å². The Balaban J connectivity index is 2.59. The van der Waals surface area contributed by atoms with Gasteiger partial charge in [0.15, 0.2) is 0 Å². The molecule has 1 aromatic carbocycles. The molecule has 1 aromatic rings. The molecule has 0 aromatic heterocycles. The number of hydrogen-bond acceptors (Lipinski definition) is 6. The van der Waals surface area contributed by atoms with E-state index in [-0.39, 0.29) is 19.0 Å². The first-order valence-electron chi connectivity index (χ1n) is 5.77. The van der Waals surface area contributed by atoms with E-state index in [9.17, 15) is 4.79 Å². The number of esters is 1. The van der Waals surface area contributed by atoms with Crippen LogP contribution in [0.4, 0.5) is 0 Å². The number of methoxy groups -OCH3 is 3. The topological polar surface area (TPSA) is 80.0 Å². The summed E-state index contributed by atoms with van der Waals surface area (Å²) in [7, 11) is 4.44. The van der Waals surface area contributed by atoms with Crippen molar-refractivity contribution in [2.45, 2.75) is 12.5 Å². The Kier molecular flexibility index (Phi) is 5.95. The predicted octanol–water partition coefficient (Wildman–Crippen LogP) is 0.973. The van der Waals surface area contributed by atoms with Crippen LogP contribution in [0.3, 0.4) is 0 Å². The van der Waals surface area contributed by atoms with E-state index in [4.69, 9.17) is 19.9 Å². The number of benzene rings is 1. The number of ether oxygens (including phenoxy) is 4. The molecule has 0 aliphatic rings. The Morgan fingerprint density at radius 3 is 2.11 bits per heavy atom. The number of carbonyl (C=O) groups excluding carboxylic acids is 1. The lowest BCUT2D eigenvalue weighted by atomic mass is 10.2. The molecule has 1 unspecified atom stereocenters. The van der Waals surface area contributed by atoms with Crippen molar-refractivity contribution in [2.75, 3.05) is 27.9 Å². The summed E-state index contributed by atoms with van der Waals surface area (Å²) < 4.78 is 20.3. The molecule has 0 aliphatic carbocycles. The highest BCUT2D eigenvalue weighted by atomic mass is 16.5. The van der Waals surface area contributed by atoms with Crippen molar-refractivity contribution in [3.05, 3.63) is 18.2 Å². The van der Waals surface area contributed by atoms with Gasteiger partial charge in [-0.1, -0.05) is 0 Å². The second-order valence-electron chi connectivity index (χ2n) is 3.90. The van der Waals surface area contributed by atoms with Crippen LogP contribution in [0.2, 0.25) is 0 Å². The van der Waals surface area contributed by atoms with Gasteiger partial charge in [-0.15, -0.1) is 0 Å². The minimum absolute atomic E-state index is 0.109. The van der Waals surface area contributed by atoms with Gasteiger partial charge in [0.2, 0.25) is 0 Å². The van der Waals surface area contributed by atoms with E-state index >= 15 is 0 Å². The van der Waals surface area contributed by atoms with Crippen LogP contribution in [0.15, 0.2) is 18.2 Å². The van der Waals surface area contributed by atoms with E-state index in [2.05, 4.69) is 4.74 Å². The van der Waals surface area contributed by atoms with Gasteiger partial charge in [-0.3, -0.25) is 4.79 Å². The highest BCUT2D eigenvalue weighted by molar-refractivity contribution is 5.69. The molecule has 6 heteroatoms. The predicted molar refractivity (Wildman–Crippen MR) is 69.6 cm³/mol. The van der Waals surface area contributed by atoms with E-state index in [1.165, 1.54) is 7.11 Å². The van der Waals surface area contributed by atoms with Crippen LogP contribution in [0.5, 0.6) is 17.2 Å². The SMILES string of the molecule is COC(=O)CC(N)COc1cc(OC)cc(OC)c1. The van der Waals surface area contributed by atoms with E-state index in [1.807, 2.05) is 0 Å². The smallest absolute Gasteiger partial charge is 0.307 e. The van der Waals surface area contributed by atoms with Crippen LogP contribution in [0, 0.1) is 0 Å². The fourth-order valence-electron chi connectivity index (χ4n) is 1.42. The fraction of sp³-hybridized carbons (Fsp3) is 0.462. The Morgan fingerprint density at radius 1 is 1.11 bits per heavy atom. The van der Waals surface area contributed by atoms with Gasteiger partial charge in [0, 0.05) is 24.2 Å². The largest absolute Gasteiger partial charge is 0.496 e. The molecule has 0 saturated heterocycles. The van der Waals surface area contributed by atoms with Crippen LogP contribution < -0.4 is 19.9 Å². The van der Waals surface area contributed by atoms with E-state index in [0.717, 1.165) is 0 Å². The normalized spacial score (nSPS) is 11.6. The molecular weight excluding hydrogens is 250 g/mol. The molecule has 2 N–H and O–H groups in total. The summed E-state index contributed by atoms with van der Waals surface area (Å²) in [6.45, 7) is 0.200. The highest BCUT2D eigenvalue weighted by Crippen LogP contribution is 2.27. The zero-order valence-electron chi connectivity index (χ0n) is 11.3. The van der Waals surface area contributed by atoms with Crippen molar-refractivity contribution in [3.63, 3.8) is 0 Å². The molecule has 0 radical (unpaired) electrons. The van der Waals surface area contributed by atoms with Crippen molar-refractivity contribution < 1.29 is 23.7 Å². The van der Waals surface area contributed by atoms with Gasteiger partial charge in [0.1, 0.15) is 23.9 Å². The maximum absolute atomic E-state index is 11.0. The van der Waals surface area contributed by atoms with Crippen LogP contribution in [0.25, 0.3) is 0 Å². The molecule has 1 rings (SSSR count). The first-order chi connectivity index (χ1) is 9.08. The van der Waals surface area contributed by atoms with Crippen LogP contribution >= 0.6 is 0 Å². The second kappa shape index (κ2) is 7.48.